The van der Waals surface area contributed by atoms with Gasteiger partial charge in [0, 0.05) is 12.0 Å². The largest absolute Gasteiger partial charge is 0.494 e. The van der Waals surface area contributed by atoms with Crippen LogP contribution in [0, 0.1) is 6.92 Å². The van der Waals surface area contributed by atoms with Crippen LogP contribution in [-0.4, -0.2) is 13.2 Å². The van der Waals surface area contributed by atoms with Gasteiger partial charge in [-0.2, -0.15) is 0 Å². The van der Waals surface area contributed by atoms with Crippen LogP contribution in [0.3, 0.4) is 0 Å². The highest BCUT2D eigenvalue weighted by Crippen LogP contribution is 2.48. The van der Waals surface area contributed by atoms with Crippen molar-refractivity contribution in [3.8, 4) is 5.75 Å². The van der Waals surface area contributed by atoms with E-state index in [4.69, 9.17) is 10.5 Å². The molecule has 1 aromatic carbocycles. The van der Waals surface area contributed by atoms with Crippen molar-refractivity contribution >= 4 is 0 Å². The molecule has 82 valence electrons. The fourth-order valence-corrected chi connectivity index (χ4v) is 2.22. The van der Waals surface area contributed by atoms with Crippen molar-refractivity contribution in [3.05, 3.63) is 29.3 Å². The number of hydrogen-bond acceptors (Lipinski definition) is 2. The third-order valence-corrected chi connectivity index (χ3v) is 3.32. The highest BCUT2D eigenvalue weighted by Gasteiger charge is 2.43. The van der Waals surface area contributed by atoms with Crippen LogP contribution in [-0.2, 0) is 5.41 Å². The number of aryl methyl sites for hydroxylation is 1. The van der Waals surface area contributed by atoms with E-state index in [1.54, 1.807) is 0 Å². The molecule has 1 aliphatic rings. The Morgan fingerprint density at radius 1 is 1.40 bits per heavy atom. The second-order valence-electron chi connectivity index (χ2n) is 4.39. The smallest absolute Gasteiger partial charge is 0.119 e. The molecule has 0 unspecified atom stereocenters. The Kier molecular flexibility index (Phi) is 2.70. The molecule has 1 saturated carbocycles. The summed E-state index contributed by atoms with van der Waals surface area (Å²) in [6.07, 6.45) is 2.47. The summed E-state index contributed by atoms with van der Waals surface area (Å²) in [4.78, 5) is 0. The van der Waals surface area contributed by atoms with Gasteiger partial charge in [0.2, 0.25) is 0 Å². The maximum atomic E-state index is 5.84. The number of rotatable bonds is 4. The topological polar surface area (TPSA) is 35.2 Å². The summed E-state index contributed by atoms with van der Waals surface area (Å²) in [7, 11) is 0. The van der Waals surface area contributed by atoms with Crippen molar-refractivity contribution in [1.29, 1.82) is 0 Å². The Hall–Kier alpha value is -1.02. The standard InChI is InChI=1S/C13H19NO/c1-3-15-11-4-5-12(10(2)8-11)13(9-14)6-7-13/h4-5,8H,3,6-7,9,14H2,1-2H3. The molecule has 2 nitrogen and oxygen atoms in total. The normalized spacial score (nSPS) is 17.5. The molecule has 0 aliphatic heterocycles. The van der Waals surface area contributed by atoms with E-state index >= 15 is 0 Å². The van der Waals surface area contributed by atoms with Crippen molar-refractivity contribution in [2.45, 2.75) is 32.1 Å². The van der Waals surface area contributed by atoms with Crippen LogP contribution in [0.25, 0.3) is 0 Å². The van der Waals surface area contributed by atoms with Gasteiger partial charge in [0.1, 0.15) is 5.75 Å². The average molecular weight is 205 g/mol. The Bertz CT molecular complexity index is 356. The van der Waals surface area contributed by atoms with Crippen LogP contribution in [0.15, 0.2) is 18.2 Å². The van der Waals surface area contributed by atoms with E-state index < -0.39 is 0 Å². The first-order valence-electron chi connectivity index (χ1n) is 5.66. The molecule has 0 spiro atoms. The molecular weight excluding hydrogens is 186 g/mol. The zero-order valence-corrected chi connectivity index (χ0v) is 9.55. The van der Waals surface area contributed by atoms with Crippen LogP contribution in [0.5, 0.6) is 5.75 Å². The van der Waals surface area contributed by atoms with Gasteiger partial charge in [0.25, 0.3) is 0 Å². The summed E-state index contributed by atoms with van der Waals surface area (Å²) >= 11 is 0. The number of ether oxygens (including phenoxy) is 1. The van der Waals surface area contributed by atoms with Crippen LogP contribution < -0.4 is 10.5 Å². The van der Waals surface area contributed by atoms with Crippen LogP contribution in [0.2, 0.25) is 0 Å². The van der Waals surface area contributed by atoms with Crippen LogP contribution >= 0.6 is 0 Å². The van der Waals surface area contributed by atoms with Gasteiger partial charge < -0.3 is 10.5 Å². The monoisotopic (exact) mass is 205 g/mol. The van der Waals surface area contributed by atoms with Gasteiger partial charge in [-0.05, 0) is 49.9 Å². The van der Waals surface area contributed by atoms with Gasteiger partial charge in [0.15, 0.2) is 0 Å². The SMILES string of the molecule is CCOc1ccc(C2(CN)CC2)c(C)c1. The van der Waals surface area contributed by atoms with Crippen molar-refractivity contribution in [2.24, 2.45) is 5.73 Å². The molecule has 1 fully saturated rings. The number of benzene rings is 1. The Labute approximate surface area is 91.4 Å². The first-order valence-corrected chi connectivity index (χ1v) is 5.66. The minimum atomic E-state index is 0.287. The zero-order chi connectivity index (χ0) is 10.9. The third-order valence-electron chi connectivity index (χ3n) is 3.32. The second-order valence-corrected chi connectivity index (χ2v) is 4.39. The van der Waals surface area contributed by atoms with E-state index in [2.05, 4.69) is 25.1 Å². The van der Waals surface area contributed by atoms with Gasteiger partial charge in [0.05, 0.1) is 6.61 Å². The number of nitrogens with two attached hydrogens (primary N) is 1. The molecule has 15 heavy (non-hydrogen) atoms. The molecule has 0 atom stereocenters. The molecule has 2 rings (SSSR count). The molecule has 0 saturated heterocycles. The highest BCUT2D eigenvalue weighted by atomic mass is 16.5. The van der Waals surface area contributed by atoms with E-state index in [1.165, 1.54) is 24.0 Å². The number of hydrogen-bond donors (Lipinski definition) is 1. The summed E-state index contributed by atoms with van der Waals surface area (Å²) in [6, 6.07) is 6.36. The third kappa shape index (κ3) is 1.86. The fourth-order valence-electron chi connectivity index (χ4n) is 2.22. The molecular formula is C13H19NO. The lowest BCUT2D eigenvalue weighted by Gasteiger charge is -2.16. The van der Waals surface area contributed by atoms with Gasteiger partial charge in [-0.3, -0.25) is 0 Å². The first-order chi connectivity index (χ1) is 7.22. The van der Waals surface area contributed by atoms with E-state index in [-0.39, 0.29) is 5.41 Å². The molecule has 1 aromatic rings. The minimum Gasteiger partial charge on any atom is -0.494 e. The summed E-state index contributed by atoms with van der Waals surface area (Å²) in [5, 5.41) is 0. The quantitative estimate of drug-likeness (QED) is 0.819. The molecule has 1 aliphatic carbocycles. The maximum absolute atomic E-state index is 5.84. The molecule has 0 heterocycles. The van der Waals surface area contributed by atoms with Gasteiger partial charge in [-0.1, -0.05) is 6.07 Å². The summed E-state index contributed by atoms with van der Waals surface area (Å²) in [5.74, 6) is 0.964. The Balaban J connectivity index is 2.27. The summed E-state index contributed by atoms with van der Waals surface area (Å²) < 4.78 is 5.48. The van der Waals surface area contributed by atoms with Gasteiger partial charge in [-0.25, -0.2) is 0 Å². The van der Waals surface area contributed by atoms with E-state index in [0.29, 0.717) is 0 Å². The lowest BCUT2D eigenvalue weighted by molar-refractivity contribution is 0.340. The van der Waals surface area contributed by atoms with Gasteiger partial charge >= 0.3 is 0 Å². The summed E-state index contributed by atoms with van der Waals surface area (Å²) in [6.45, 7) is 5.64. The predicted octanol–water partition coefficient (Wildman–Crippen LogP) is 2.38. The second kappa shape index (κ2) is 3.86. The van der Waals surface area contributed by atoms with E-state index in [1.807, 2.05) is 6.92 Å². The molecule has 2 heteroatoms. The van der Waals surface area contributed by atoms with Crippen LogP contribution in [0.4, 0.5) is 0 Å². The molecule has 0 radical (unpaired) electrons. The molecule has 0 bridgehead atoms. The first kappa shape index (κ1) is 10.5. The van der Waals surface area contributed by atoms with Crippen molar-refractivity contribution in [1.82, 2.24) is 0 Å². The Morgan fingerprint density at radius 3 is 2.60 bits per heavy atom. The molecule has 0 aromatic heterocycles. The highest BCUT2D eigenvalue weighted by molar-refractivity contribution is 5.42. The van der Waals surface area contributed by atoms with E-state index in [9.17, 15) is 0 Å². The fraction of sp³-hybridized carbons (Fsp3) is 0.538. The lowest BCUT2D eigenvalue weighted by atomic mass is 9.92. The maximum Gasteiger partial charge on any atom is 0.119 e. The van der Waals surface area contributed by atoms with Crippen molar-refractivity contribution in [2.75, 3.05) is 13.2 Å². The lowest BCUT2D eigenvalue weighted by Crippen LogP contribution is -2.20. The van der Waals surface area contributed by atoms with Gasteiger partial charge in [-0.15, -0.1) is 0 Å². The Morgan fingerprint density at radius 2 is 2.13 bits per heavy atom. The minimum absolute atomic E-state index is 0.287. The summed E-state index contributed by atoms with van der Waals surface area (Å²) in [5.41, 5.74) is 8.84. The predicted molar refractivity (Wildman–Crippen MR) is 62.3 cm³/mol. The molecule has 0 amide bonds. The van der Waals surface area contributed by atoms with Crippen LogP contribution in [0.1, 0.15) is 30.9 Å². The van der Waals surface area contributed by atoms with Crippen molar-refractivity contribution < 1.29 is 4.74 Å². The van der Waals surface area contributed by atoms with E-state index in [0.717, 1.165) is 18.9 Å². The molecule has 2 N–H and O–H groups in total. The van der Waals surface area contributed by atoms with Crippen molar-refractivity contribution in [3.63, 3.8) is 0 Å². The average Bonchev–Trinajstić information content (AvgIpc) is 2.99. The zero-order valence-electron chi connectivity index (χ0n) is 9.55.